The number of sulfone groups is 1. The summed E-state index contributed by atoms with van der Waals surface area (Å²) in [4.78, 5) is 12.3. The van der Waals surface area contributed by atoms with Crippen LogP contribution in [0.1, 0.15) is 6.92 Å². The van der Waals surface area contributed by atoms with Crippen molar-refractivity contribution in [3.8, 4) is 0 Å². The molecule has 0 N–H and O–H groups in total. The van der Waals surface area contributed by atoms with E-state index in [-0.39, 0.29) is 18.3 Å². The highest BCUT2D eigenvalue weighted by Gasteiger charge is 2.13. The lowest BCUT2D eigenvalue weighted by molar-refractivity contribution is -0.126. The third-order valence-corrected chi connectivity index (χ3v) is 2.06. The van der Waals surface area contributed by atoms with Crippen LogP contribution in [0.2, 0.25) is 0 Å². The van der Waals surface area contributed by atoms with E-state index in [0.717, 1.165) is 6.26 Å². The Hall–Kier alpha value is -0.290. The Morgan fingerprint density at radius 1 is 1.42 bits per heavy atom. The number of rotatable bonds is 3. The summed E-state index contributed by atoms with van der Waals surface area (Å²) in [5.41, 5.74) is 0. The smallest absolute Gasteiger partial charge is 0.237 e. The first kappa shape index (κ1) is 14.2. The summed E-state index contributed by atoms with van der Waals surface area (Å²) in [6.45, 7) is 2.33. The Morgan fingerprint density at radius 2 is 1.83 bits per heavy atom. The van der Waals surface area contributed by atoms with Gasteiger partial charge >= 0.3 is 0 Å². The van der Waals surface area contributed by atoms with Gasteiger partial charge in [0.2, 0.25) is 5.91 Å². The van der Waals surface area contributed by atoms with Crippen LogP contribution in [0, 0.1) is 0 Å². The molecule has 0 aliphatic heterocycles. The van der Waals surface area contributed by atoms with Crippen LogP contribution in [-0.4, -0.2) is 44.8 Å². The molecule has 4 nitrogen and oxygen atoms in total. The van der Waals surface area contributed by atoms with Gasteiger partial charge in [0.05, 0.1) is 0 Å². The fourth-order valence-corrected chi connectivity index (χ4v) is 1.18. The normalized spacial score (nSPS) is 10.2. The monoisotopic (exact) mass is 215 g/mol. The zero-order valence-electron chi connectivity index (χ0n) is 7.40. The fourth-order valence-electron chi connectivity index (χ4n) is 0.511. The van der Waals surface area contributed by atoms with Crippen molar-refractivity contribution >= 4 is 28.2 Å². The minimum atomic E-state index is -3.17. The SMILES string of the molecule is CCN(C)C(=O)CS(C)(=O)=O.Cl. The predicted molar refractivity (Wildman–Crippen MR) is 50.3 cm³/mol. The maximum absolute atomic E-state index is 10.9. The molecule has 0 aromatic carbocycles. The van der Waals surface area contributed by atoms with Gasteiger partial charge in [-0.25, -0.2) is 8.42 Å². The molecule has 74 valence electrons. The maximum Gasteiger partial charge on any atom is 0.237 e. The van der Waals surface area contributed by atoms with E-state index in [0.29, 0.717) is 6.54 Å². The molecule has 0 aliphatic rings. The van der Waals surface area contributed by atoms with Gasteiger partial charge in [0.25, 0.3) is 0 Å². The summed E-state index contributed by atoms with van der Waals surface area (Å²) in [5, 5.41) is 0. The van der Waals surface area contributed by atoms with E-state index >= 15 is 0 Å². The molecule has 12 heavy (non-hydrogen) atoms. The highest BCUT2D eigenvalue weighted by atomic mass is 35.5. The van der Waals surface area contributed by atoms with Crippen LogP contribution in [0.3, 0.4) is 0 Å². The molecule has 0 saturated heterocycles. The van der Waals surface area contributed by atoms with Crippen molar-refractivity contribution in [3.05, 3.63) is 0 Å². The van der Waals surface area contributed by atoms with E-state index in [1.165, 1.54) is 4.90 Å². The number of nitrogens with zero attached hydrogens (tertiary/aromatic N) is 1. The lowest BCUT2D eigenvalue weighted by Crippen LogP contribution is -2.31. The van der Waals surface area contributed by atoms with E-state index < -0.39 is 15.6 Å². The van der Waals surface area contributed by atoms with Crippen LogP contribution >= 0.6 is 12.4 Å². The van der Waals surface area contributed by atoms with Crippen LogP contribution in [0.25, 0.3) is 0 Å². The zero-order chi connectivity index (χ0) is 9.07. The number of carbonyl (C=O) groups excluding carboxylic acids is 1. The number of hydrogen-bond donors (Lipinski definition) is 0. The van der Waals surface area contributed by atoms with Crippen molar-refractivity contribution in [2.75, 3.05) is 25.6 Å². The largest absolute Gasteiger partial charge is 0.345 e. The molecule has 0 rings (SSSR count). The second-order valence-corrected chi connectivity index (χ2v) is 4.62. The number of amides is 1. The maximum atomic E-state index is 10.9. The molecule has 0 bridgehead atoms. The molecular formula is C6H14ClNO3S. The summed E-state index contributed by atoms with van der Waals surface area (Å²) < 4.78 is 21.2. The van der Waals surface area contributed by atoms with Gasteiger partial charge in [-0.1, -0.05) is 0 Å². The Kier molecular flexibility index (Phi) is 6.38. The van der Waals surface area contributed by atoms with E-state index in [1.54, 1.807) is 14.0 Å². The molecule has 0 spiro atoms. The highest BCUT2D eigenvalue weighted by Crippen LogP contribution is 1.89. The van der Waals surface area contributed by atoms with Gasteiger partial charge in [0, 0.05) is 19.8 Å². The van der Waals surface area contributed by atoms with Crippen LogP contribution in [0.4, 0.5) is 0 Å². The van der Waals surface area contributed by atoms with Crippen molar-refractivity contribution in [3.63, 3.8) is 0 Å². The number of halogens is 1. The summed E-state index contributed by atoms with van der Waals surface area (Å²) in [6.07, 6.45) is 1.05. The second-order valence-electron chi connectivity index (χ2n) is 2.48. The van der Waals surface area contributed by atoms with Crippen molar-refractivity contribution in [1.29, 1.82) is 0 Å². The molecule has 1 amide bonds. The summed E-state index contributed by atoms with van der Waals surface area (Å²) >= 11 is 0. The fraction of sp³-hybridized carbons (Fsp3) is 0.833. The third kappa shape index (κ3) is 6.42. The Bertz CT molecular complexity index is 237. The summed E-state index contributed by atoms with van der Waals surface area (Å²) in [5.74, 6) is -0.743. The van der Waals surface area contributed by atoms with Gasteiger partial charge in [-0.15, -0.1) is 12.4 Å². The molecule has 0 atom stereocenters. The zero-order valence-corrected chi connectivity index (χ0v) is 9.04. The molecule has 0 aliphatic carbocycles. The van der Waals surface area contributed by atoms with Crippen molar-refractivity contribution in [1.82, 2.24) is 4.90 Å². The minimum Gasteiger partial charge on any atom is -0.345 e. The Balaban J connectivity index is 0. The van der Waals surface area contributed by atoms with E-state index in [1.807, 2.05) is 0 Å². The lowest BCUT2D eigenvalue weighted by Gasteiger charge is -2.12. The van der Waals surface area contributed by atoms with Gasteiger partial charge in [0.15, 0.2) is 9.84 Å². The lowest BCUT2D eigenvalue weighted by atomic mass is 10.5. The topological polar surface area (TPSA) is 54.5 Å². The highest BCUT2D eigenvalue weighted by molar-refractivity contribution is 7.91. The second kappa shape index (κ2) is 5.37. The number of carbonyl (C=O) groups is 1. The first-order valence-electron chi connectivity index (χ1n) is 3.28. The molecule has 0 radical (unpaired) electrons. The Labute approximate surface area is 79.3 Å². The van der Waals surface area contributed by atoms with Gasteiger partial charge in [-0.3, -0.25) is 4.79 Å². The molecule has 0 aromatic rings. The molecule has 0 unspecified atom stereocenters. The van der Waals surface area contributed by atoms with Crippen LogP contribution < -0.4 is 0 Å². The molecule has 6 heteroatoms. The molecular weight excluding hydrogens is 202 g/mol. The van der Waals surface area contributed by atoms with Crippen molar-refractivity contribution < 1.29 is 13.2 Å². The standard InChI is InChI=1S/C6H13NO3S.ClH/c1-4-7(2)6(8)5-11(3,9)10;/h4-5H2,1-3H3;1H. The van der Waals surface area contributed by atoms with Crippen molar-refractivity contribution in [2.24, 2.45) is 0 Å². The van der Waals surface area contributed by atoms with Crippen LogP contribution in [0.15, 0.2) is 0 Å². The average Bonchev–Trinajstić information content (AvgIpc) is 1.82. The summed E-state index contributed by atoms with van der Waals surface area (Å²) in [7, 11) is -1.59. The van der Waals surface area contributed by atoms with Crippen LogP contribution in [-0.2, 0) is 14.6 Å². The van der Waals surface area contributed by atoms with Gasteiger partial charge in [-0.2, -0.15) is 0 Å². The summed E-state index contributed by atoms with van der Waals surface area (Å²) in [6, 6.07) is 0. The third-order valence-electron chi connectivity index (χ3n) is 1.29. The predicted octanol–water partition coefficient (Wildman–Crippen LogP) is -0.0689. The molecule has 0 saturated carbocycles. The first-order valence-corrected chi connectivity index (χ1v) is 5.34. The van der Waals surface area contributed by atoms with E-state index in [4.69, 9.17) is 0 Å². The average molecular weight is 216 g/mol. The van der Waals surface area contributed by atoms with E-state index in [9.17, 15) is 13.2 Å². The quantitative estimate of drug-likeness (QED) is 0.663. The van der Waals surface area contributed by atoms with Gasteiger partial charge in [0.1, 0.15) is 5.75 Å². The molecule has 0 fully saturated rings. The van der Waals surface area contributed by atoms with E-state index in [2.05, 4.69) is 0 Å². The van der Waals surface area contributed by atoms with Gasteiger partial charge in [-0.05, 0) is 6.92 Å². The Morgan fingerprint density at radius 3 is 2.08 bits per heavy atom. The number of hydrogen-bond acceptors (Lipinski definition) is 3. The van der Waals surface area contributed by atoms with Crippen LogP contribution in [0.5, 0.6) is 0 Å². The van der Waals surface area contributed by atoms with Crippen molar-refractivity contribution in [2.45, 2.75) is 6.92 Å². The minimum absolute atomic E-state index is 0. The molecule has 0 heterocycles. The van der Waals surface area contributed by atoms with Gasteiger partial charge < -0.3 is 4.90 Å². The first-order chi connectivity index (χ1) is 4.87. The molecule has 0 aromatic heterocycles.